The van der Waals surface area contributed by atoms with E-state index >= 15 is 0 Å². The summed E-state index contributed by atoms with van der Waals surface area (Å²) < 4.78 is 17.6. The maximum atomic E-state index is 12.8. The van der Waals surface area contributed by atoms with E-state index in [1.807, 2.05) is 0 Å². The predicted octanol–water partition coefficient (Wildman–Crippen LogP) is 2.68. The Morgan fingerprint density at radius 2 is 1.75 bits per heavy atom. The van der Waals surface area contributed by atoms with Crippen molar-refractivity contribution in [3.8, 4) is 0 Å². The SMILES string of the molecule is O=COC(C(=O)Nc1ccc(F)cc1)c1ccccc1. The van der Waals surface area contributed by atoms with E-state index in [0.29, 0.717) is 11.3 Å². The van der Waals surface area contributed by atoms with Gasteiger partial charge in [0.25, 0.3) is 12.4 Å². The van der Waals surface area contributed by atoms with Crippen LogP contribution in [0.5, 0.6) is 0 Å². The summed E-state index contributed by atoms with van der Waals surface area (Å²) in [7, 11) is 0. The monoisotopic (exact) mass is 273 g/mol. The lowest BCUT2D eigenvalue weighted by Gasteiger charge is -2.15. The summed E-state index contributed by atoms with van der Waals surface area (Å²) in [5.74, 6) is -0.901. The second-order valence-corrected chi connectivity index (χ2v) is 4.02. The molecule has 0 saturated heterocycles. The van der Waals surface area contributed by atoms with E-state index in [-0.39, 0.29) is 6.47 Å². The van der Waals surface area contributed by atoms with Gasteiger partial charge in [-0.3, -0.25) is 9.59 Å². The number of ether oxygens (including phenoxy) is 1. The number of anilines is 1. The summed E-state index contributed by atoms with van der Waals surface area (Å²) in [4.78, 5) is 22.6. The van der Waals surface area contributed by atoms with Crippen molar-refractivity contribution < 1.29 is 18.7 Å². The van der Waals surface area contributed by atoms with Gasteiger partial charge in [0, 0.05) is 11.3 Å². The maximum Gasteiger partial charge on any atom is 0.294 e. The molecular formula is C15H12FNO3. The molecule has 2 aromatic rings. The summed E-state index contributed by atoms with van der Waals surface area (Å²) in [5, 5.41) is 2.56. The van der Waals surface area contributed by atoms with E-state index < -0.39 is 17.8 Å². The Morgan fingerprint density at radius 1 is 1.10 bits per heavy atom. The molecule has 1 amide bonds. The van der Waals surface area contributed by atoms with E-state index in [1.165, 1.54) is 24.3 Å². The zero-order chi connectivity index (χ0) is 14.4. The van der Waals surface area contributed by atoms with Gasteiger partial charge in [0.15, 0.2) is 0 Å². The molecule has 20 heavy (non-hydrogen) atoms. The number of carbonyl (C=O) groups is 2. The van der Waals surface area contributed by atoms with Crippen LogP contribution in [0.3, 0.4) is 0 Å². The quantitative estimate of drug-likeness (QED) is 0.852. The highest BCUT2D eigenvalue weighted by Crippen LogP contribution is 2.19. The summed E-state index contributed by atoms with van der Waals surface area (Å²) >= 11 is 0. The van der Waals surface area contributed by atoms with Crippen LogP contribution in [0.15, 0.2) is 54.6 Å². The summed E-state index contributed by atoms with van der Waals surface area (Å²) in [6, 6.07) is 13.9. The molecule has 0 aliphatic rings. The molecule has 4 nitrogen and oxygen atoms in total. The second kappa shape index (κ2) is 6.47. The van der Waals surface area contributed by atoms with Crippen molar-refractivity contribution in [1.82, 2.24) is 0 Å². The van der Waals surface area contributed by atoms with Gasteiger partial charge in [-0.2, -0.15) is 0 Å². The standard InChI is InChI=1S/C15H12FNO3/c16-12-6-8-13(9-7-12)17-15(19)14(20-10-18)11-4-2-1-3-5-11/h1-10,14H,(H,17,19). The highest BCUT2D eigenvalue weighted by atomic mass is 19.1. The number of nitrogens with one attached hydrogen (secondary N) is 1. The number of halogens is 1. The fraction of sp³-hybridized carbons (Fsp3) is 0.0667. The first kappa shape index (κ1) is 13.7. The number of hydrogen-bond donors (Lipinski definition) is 1. The smallest absolute Gasteiger partial charge is 0.294 e. The minimum atomic E-state index is -1.04. The molecule has 0 saturated carbocycles. The van der Waals surface area contributed by atoms with Gasteiger partial charge in [-0.05, 0) is 24.3 Å². The molecule has 2 aromatic carbocycles. The first-order valence-corrected chi connectivity index (χ1v) is 5.91. The average molecular weight is 273 g/mol. The molecule has 1 unspecified atom stereocenters. The van der Waals surface area contributed by atoms with E-state index in [2.05, 4.69) is 5.32 Å². The summed E-state index contributed by atoms with van der Waals surface area (Å²) in [6.07, 6.45) is -1.04. The predicted molar refractivity (Wildman–Crippen MR) is 71.4 cm³/mol. The maximum absolute atomic E-state index is 12.8. The fourth-order valence-corrected chi connectivity index (χ4v) is 1.72. The molecule has 2 rings (SSSR count). The summed E-state index contributed by atoms with van der Waals surface area (Å²) in [5.41, 5.74) is 0.978. The van der Waals surface area contributed by atoms with E-state index in [4.69, 9.17) is 4.74 Å². The molecule has 0 bridgehead atoms. The number of carbonyl (C=O) groups excluding carboxylic acids is 2. The lowest BCUT2D eigenvalue weighted by Crippen LogP contribution is -2.23. The third-order valence-electron chi connectivity index (χ3n) is 2.64. The van der Waals surface area contributed by atoms with Crippen LogP contribution in [0.25, 0.3) is 0 Å². The first-order chi connectivity index (χ1) is 9.70. The molecular weight excluding hydrogens is 261 g/mol. The molecule has 0 fully saturated rings. The summed E-state index contributed by atoms with van der Waals surface area (Å²) in [6.45, 7) is 0.224. The van der Waals surface area contributed by atoms with Gasteiger partial charge in [0.2, 0.25) is 6.10 Å². The molecule has 0 aromatic heterocycles. The minimum absolute atomic E-state index is 0.224. The van der Waals surface area contributed by atoms with E-state index in [0.717, 1.165) is 0 Å². The van der Waals surface area contributed by atoms with E-state index in [9.17, 15) is 14.0 Å². The number of rotatable bonds is 5. The van der Waals surface area contributed by atoms with Crippen molar-refractivity contribution in [2.45, 2.75) is 6.10 Å². The minimum Gasteiger partial charge on any atom is -0.449 e. The lowest BCUT2D eigenvalue weighted by molar-refractivity contribution is -0.142. The number of amides is 1. The van der Waals surface area contributed by atoms with Gasteiger partial charge in [-0.25, -0.2) is 4.39 Å². The Bertz CT molecular complexity index is 584. The van der Waals surface area contributed by atoms with Gasteiger partial charge in [-0.15, -0.1) is 0 Å². The normalized spacial score (nSPS) is 11.4. The Balaban J connectivity index is 2.15. The van der Waals surface area contributed by atoms with Crippen LogP contribution in [-0.2, 0) is 14.3 Å². The van der Waals surface area contributed by atoms with Gasteiger partial charge in [0.1, 0.15) is 5.82 Å². The van der Waals surface area contributed by atoms with Crippen LogP contribution in [-0.4, -0.2) is 12.4 Å². The molecule has 0 aliphatic heterocycles. The third kappa shape index (κ3) is 3.41. The van der Waals surface area contributed by atoms with Crippen molar-refractivity contribution in [2.24, 2.45) is 0 Å². The Morgan fingerprint density at radius 3 is 2.35 bits per heavy atom. The van der Waals surface area contributed by atoms with Crippen molar-refractivity contribution >= 4 is 18.1 Å². The molecule has 0 radical (unpaired) electrons. The van der Waals surface area contributed by atoms with Crippen LogP contribution in [0, 0.1) is 5.82 Å². The van der Waals surface area contributed by atoms with Crippen molar-refractivity contribution in [3.05, 3.63) is 66.0 Å². The van der Waals surface area contributed by atoms with Gasteiger partial charge >= 0.3 is 0 Å². The Kier molecular flexibility index (Phi) is 4.44. The van der Waals surface area contributed by atoms with Gasteiger partial charge in [-0.1, -0.05) is 30.3 Å². The van der Waals surface area contributed by atoms with Crippen molar-refractivity contribution in [2.75, 3.05) is 5.32 Å². The van der Waals surface area contributed by atoms with Crippen LogP contribution < -0.4 is 5.32 Å². The van der Waals surface area contributed by atoms with Crippen LogP contribution >= 0.6 is 0 Å². The molecule has 0 heterocycles. The topological polar surface area (TPSA) is 55.4 Å². The number of hydrogen-bond acceptors (Lipinski definition) is 3. The van der Waals surface area contributed by atoms with Gasteiger partial charge < -0.3 is 10.1 Å². The van der Waals surface area contributed by atoms with Gasteiger partial charge in [0.05, 0.1) is 0 Å². The average Bonchev–Trinajstić information content (AvgIpc) is 2.48. The molecule has 1 atom stereocenters. The van der Waals surface area contributed by atoms with Crippen molar-refractivity contribution in [3.63, 3.8) is 0 Å². The van der Waals surface area contributed by atoms with Crippen LogP contribution in [0.4, 0.5) is 10.1 Å². The Hall–Kier alpha value is -2.69. The molecule has 5 heteroatoms. The first-order valence-electron chi connectivity index (χ1n) is 5.91. The van der Waals surface area contributed by atoms with Crippen LogP contribution in [0.1, 0.15) is 11.7 Å². The molecule has 1 N–H and O–H groups in total. The largest absolute Gasteiger partial charge is 0.449 e. The van der Waals surface area contributed by atoms with Crippen molar-refractivity contribution in [1.29, 1.82) is 0 Å². The third-order valence-corrected chi connectivity index (χ3v) is 2.64. The highest BCUT2D eigenvalue weighted by molar-refractivity contribution is 5.95. The number of benzene rings is 2. The lowest BCUT2D eigenvalue weighted by atomic mass is 10.1. The van der Waals surface area contributed by atoms with E-state index in [1.54, 1.807) is 30.3 Å². The fourth-order valence-electron chi connectivity index (χ4n) is 1.72. The second-order valence-electron chi connectivity index (χ2n) is 4.02. The molecule has 102 valence electrons. The zero-order valence-corrected chi connectivity index (χ0v) is 10.5. The van der Waals surface area contributed by atoms with Crippen LogP contribution in [0.2, 0.25) is 0 Å². The molecule has 0 aliphatic carbocycles. The Labute approximate surface area is 115 Å². The molecule has 0 spiro atoms. The highest BCUT2D eigenvalue weighted by Gasteiger charge is 2.21. The zero-order valence-electron chi connectivity index (χ0n) is 10.5.